The molecule has 0 heterocycles. The molecule has 2 unspecified atom stereocenters. The van der Waals surface area contributed by atoms with E-state index in [1.54, 1.807) is 0 Å². The predicted octanol–water partition coefficient (Wildman–Crippen LogP) is 5.02. The minimum atomic E-state index is -0.525. The molecule has 2 aromatic rings. The van der Waals surface area contributed by atoms with Crippen molar-refractivity contribution in [1.82, 2.24) is 0 Å². The van der Waals surface area contributed by atoms with Gasteiger partial charge in [0.2, 0.25) is 0 Å². The minimum Gasteiger partial charge on any atom is -0.483 e. The van der Waals surface area contributed by atoms with Gasteiger partial charge in [0, 0.05) is 12.1 Å². The second kappa shape index (κ2) is 6.77. The monoisotopic (exact) mass is 371 g/mol. The second-order valence-electron chi connectivity index (χ2n) is 5.01. The van der Waals surface area contributed by atoms with Crippen molar-refractivity contribution >= 4 is 27.5 Å². The Labute approximate surface area is 137 Å². The van der Waals surface area contributed by atoms with Crippen molar-refractivity contribution in [3.8, 4) is 5.75 Å². The second-order valence-corrected chi connectivity index (χ2v) is 6.27. The van der Waals surface area contributed by atoms with E-state index >= 15 is 0 Å². The van der Waals surface area contributed by atoms with Gasteiger partial charge in [0.25, 0.3) is 0 Å². The van der Waals surface area contributed by atoms with Crippen LogP contribution >= 0.6 is 27.5 Å². The number of rotatable bonds is 4. The lowest BCUT2D eigenvalue weighted by atomic mass is 10.0. The van der Waals surface area contributed by atoms with Gasteiger partial charge in [-0.2, -0.15) is 0 Å². The van der Waals surface area contributed by atoms with Gasteiger partial charge in [-0.3, -0.25) is 0 Å². The maximum atomic E-state index is 13.6. The first kappa shape index (κ1) is 16.3. The minimum absolute atomic E-state index is 0.0436. The summed E-state index contributed by atoms with van der Waals surface area (Å²) in [5.41, 5.74) is 8.09. The van der Waals surface area contributed by atoms with Gasteiger partial charge < -0.3 is 10.5 Å². The molecule has 21 heavy (non-hydrogen) atoms. The topological polar surface area (TPSA) is 35.2 Å². The molecule has 2 aromatic carbocycles. The Morgan fingerprint density at radius 3 is 2.62 bits per heavy atom. The molecule has 2 N–H and O–H groups in total. The molecule has 0 aliphatic carbocycles. The van der Waals surface area contributed by atoms with Crippen LogP contribution in [0.1, 0.15) is 24.2 Å². The molecule has 0 amide bonds. The van der Waals surface area contributed by atoms with Crippen molar-refractivity contribution in [3.05, 3.63) is 62.8 Å². The van der Waals surface area contributed by atoms with Crippen molar-refractivity contribution in [3.63, 3.8) is 0 Å². The SMILES string of the molecule is Cc1cccc(C(Oc2cc(F)c(Cl)cc2Br)C(C)N)c1. The first-order valence-electron chi connectivity index (χ1n) is 6.52. The third-order valence-electron chi connectivity index (χ3n) is 3.08. The average Bonchev–Trinajstić information content (AvgIpc) is 2.41. The molecule has 0 spiro atoms. The maximum Gasteiger partial charge on any atom is 0.145 e. The summed E-state index contributed by atoms with van der Waals surface area (Å²) in [7, 11) is 0. The lowest BCUT2D eigenvalue weighted by Gasteiger charge is -2.24. The van der Waals surface area contributed by atoms with Crippen molar-refractivity contribution in [1.29, 1.82) is 0 Å². The molecule has 0 saturated carbocycles. The van der Waals surface area contributed by atoms with Crippen molar-refractivity contribution in [2.75, 3.05) is 0 Å². The molecule has 2 rings (SSSR count). The summed E-state index contributed by atoms with van der Waals surface area (Å²) >= 11 is 9.07. The molecule has 0 aliphatic rings. The Bertz CT molecular complexity index is 648. The van der Waals surface area contributed by atoms with Crippen molar-refractivity contribution in [2.24, 2.45) is 5.73 Å². The fourth-order valence-corrected chi connectivity index (χ4v) is 2.79. The highest BCUT2D eigenvalue weighted by Crippen LogP contribution is 2.34. The van der Waals surface area contributed by atoms with Crippen LogP contribution in [-0.4, -0.2) is 6.04 Å². The van der Waals surface area contributed by atoms with Crippen LogP contribution in [0.15, 0.2) is 40.9 Å². The average molecular weight is 373 g/mol. The number of ether oxygens (including phenoxy) is 1. The predicted molar refractivity (Wildman–Crippen MR) is 87.3 cm³/mol. The Kier molecular flexibility index (Phi) is 5.25. The molecule has 0 saturated heterocycles. The third-order valence-corrected chi connectivity index (χ3v) is 3.99. The third kappa shape index (κ3) is 3.96. The van der Waals surface area contributed by atoms with Crippen LogP contribution < -0.4 is 10.5 Å². The molecule has 0 fully saturated rings. The van der Waals surface area contributed by atoms with E-state index in [2.05, 4.69) is 15.9 Å². The van der Waals surface area contributed by atoms with Crippen LogP contribution in [-0.2, 0) is 0 Å². The van der Waals surface area contributed by atoms with E-state index in [0.717, 1.165) is 11.1 Å². The number of halogens is 3. The van der Waals surface area contributed by atoms with E-state index in [0.29, 0.717) is 10.2 Å². The largest absolute Gasteiger partial charge is 0.483 e. The van der Waals surface area contributed by atoms with Crippen molar-refractivity contribution in [2.45, 2.75) is 26.0 Å². The standard InChI is InChI=1S/C16H16BrClFNO/c1-9-4-3-5-11(6-9)16(10(2)20)21-15-8-14(19)13(18)7-12(15)17/h3-8,10,16H,20H2,1-2H3. The maximum absolute atomic E-state index is 13.6. The van der Waals surface area contributed by atoms with Gasteiger partial charge >= 0.3 is 0 Å². The van der Waals surface area contributed by atoms with Gasteiger partial charge in [0.1, 0.15) is 17.7 Å². The van der Waals surface area contributed by atoms with Crippen LogP contribution in [0.25, 0.3) is 0 Å². The van der Waals surface area contributed by atoms with E-state index in [9.17, 15) is 4.39 Å². The first-order valence-corrected chi connectivity index (χ1v) is 7.69. The molecule has 0 aromatic heterocycles. The summed E-state index contributed by atoms with van der Waals surface area (Å²) in [4.78, 5) is 0. The Morgan fingerprint density at radius 1 is 1.29 bits per heavy atom. The van der Waals surface area contributed by atoms with E-state index in [1.807, 2.05) is 38.1 Å². The van der Waals surface area contributed by atoms with Gasteiger partial charge in [0.15, 0.2) is 0 Å². The van der Waals surface area contributed by atoms with Gasteiger partial charge in [-0.15, -0.1) is 0 Å². The summed E-state index contributed by atoms with van der Waals surface area (Å²) in [5, 5.41) is 0.0436. The van der Waals surface area contributed by atoms with Crippen molar-refractivity contribution < 1.29 is 9.13 Å². The Morgan fingerprint density at radius 2 is 2.00 bits per heavy atom. The molecule has 112 valence electrons. The van der Waals surface area contributed by atoms with E-state index < -0.39 is 5.82 Å². The van der Waals surface area contributed by atoms with Gasteiger partial charge in [-0.1, -0.05) is 41.4 Å². The quantitative estimate of drug-likeness (QED) is 0.765. The fourth-order valence-electron chi connectivity index (χ4n) is 2.06. The summed E-state index contributed by atoms with van der Waals surface area (Å²) in [6.07, 6.45) is -0.373. The Hall–Kier alpha value is -1.10. The van der Waals surface area contributed by atoms with Crippen LogP contribution in [0.2, 0.25) is 5.02 Å². The molecule has 0 aliphatic heterocycles. The molecule has 2 atom stereocenters. The first-order chi connectivity index (χ1) is 9.88. The summed E-state index contributed by atoms with van der Waals surface area (Å²) in [6, 6.07) is 10.4. The highest BCUT2D eigenvalue weighted by Gasteiger charge is 2.20. The zero-order valence-electron chi connectivity index (χ0n) is 11.7. The molecule has 2 nitrogen and oxygen atoms in total. The molecular weight excluding hydrogens is 357 g/mol. The van der Waals surface area contributed by atoms with Gasteiger partial charge in [0.05, 0.1) is 9.50 Å². The Balaban J connectivity index is 2.35. The molecule has 5 heteroatoms. The van der Waals surface area contributed by atoms with E-state index in [-0.39, 0.29) is 17.2 Å². The summed E-state index contributed by atoms with van der Waals surface area (Å²) < 4.78 is 20.1. The number of hydrogen-bond donors (Lipinski definition) is 1. The van der Waals surface area contributed by atoms with Crippen LogP contribution in [0.4, 0.5) is 4.39 Å². The smallest absolute Gasteiger partial charge is 0.145 e. The van der Waals surface area contributed by atoms with Crippen LogP contribution in [0.3, 0.4) is 0 Å². The van der Waals surface area contributed by atoms with E-state index in [1.165, 1.54) is 12.1 Å². The highest BCUT2D eigenvalue weighted by atomic mass is 79.9. The lowest BCUT2D eigenvalue weighted by molar-refractivity contribution is 0.178. The zero-order chi connectivity index (χ0) is 15.6. The number of benzene rings is 2. The van der Waals surface area contributed by atoms with Gasteiger partial charge in [-0.05, 0) is 41.4 Å². The molecular formula is C16H16BrClFNO. The lowest BCUT2D eigenvalue weighted by Crippen LogP contribution is -2.29. The summed E-state index contributed by atoms with van der Waals surface area (Å²) in [6.45, 7) is 3.85. The van der Waals surface area contributed by atoms with Gasteiger partial charge in [-0.25, -0.2) is 4.39 Å². The zero-order valence-corrected chi connectivity index (χ0v) is 14.1. The van der Waals surface area contributed by atoms with E-state index in [4.69, 9.17) is 22.1 Å². The number of nitrogens with two attached hydrogens (primary N) is 1. The highest BCUT2D eigenvalue weighted by molar-refractivity contribution is 9.10. The van der Waals surface area contributed by atoms with Crippen LogP contribution in [0.5, 0.6) is 5.75 Å². The fraction of sp³-hybridized carbons (Fsp3) is 0.250. The summed E-state index contributed by atoms with van der Waals surface area (Å²) in [5.74, 6) is -0.150. The number of hydrogen-bond acceptors (Lipinski definition) is 2. The molecule has 0 bridgehead atoms. The number of aryl methyl sites for hydroxylation is 1. The normalized spacial score (nSPS) is 13.8. The molecule has 0 radical (unpaired) electrons. The van der Waals surface area contributed by atoms with Crippen LogP contribution in [0, 0.1) is 12.7 Å².